The predicted octanol–water partition coefficient (Wildman–Crippen LogP) is 2.05. The number of rotatable bonds is 6. The molecule has 1 aromatic rings. The third-order valence-corrected chi connectivity index (χ3v) is 2.86. The van der Waals surface area contributed by atoms with Gasteiger partial charge in [0.05, 0.1) is 18.2 Å². The van der Waals surface area contributed by atoms with Crippen LogP contribution in [0.4, 0.5) is 0 Å². The Kier molecular flexibility index (Phi) is 6.31. The van der Waals surface area contributed by atoms with E-state index in [-0.39, 0.29) is 11.5 Å². The summed E-state index contributed by atoms with van der Waals surface area (Å²) in [7, 11) is 1.13. The second-order valence-electron chi connectivity index (χ2n) is 4.87. The van der Waals surface area contributed by atoms with E-state index < -0.39 is 24.0 Å². The first-order valence-corrected chi connectivity index (χ1v) is 6.65. The Balaban J connectivity index is 3.08. The van der Waals surface area contributed by atoms with Gasteiger partial charge in [0.1, 0.15) is 6.10 Å². The maximum atomic E-state index is 12.1. The molecule has 22 heavy (non-hydrogen) atoms. The van der Waals surface area contributed by atoms with Crippen LogP contribution in [0.15, 0.2) is 42.0 Å². The monoisotopic (exact) mass is 306 g/mol. The molecule has 1 aromatic carbocycles. The number of methoxy groups -OCH3 is 1. The van der Waals surface area contributed by atoms with Gasteiger partial charge in [-0.1, -0.05) is 32.0 Å². The Bertz CT molecular complexity index is 574. The molecule has 0 fully saturated rings. The van der Waals surface area contributed by atoms with E-state index in [0.29, 0.717) is 11.6 Å². The second kappa shape index (κ2) is 7.97. The van der Waals surface area contributed by atoms with Crippen LogP contribution >= 0.6 is 0 Å². The van der Waals surface area contributed by atoms with Crippen LogP contribution in [0.2, 0.25) is 0 Å². The zero-order valence-electron chi connectivity index (χ0n) is 12.6. The van der Waals surface area contributed by atoms with E-state index in [9.17, 15) is 14.4 Å². The Morgan fingerprint density at radius 1 is 1.14 bits per heavy atom. The lowest BCUT2D eigenvalue weighted by Gasteiger charge is -2.22. The number of esters is 2. The highest BCUT2D eigenvalue weighted by Crippen LogP contribution is 2.20. The second-order valence-corrected chi connectivity index (χ2v) is 4.87. The molecule has 0 radical (unpaired) electrons. The largest absolute Gasteiger partial charge is 0.478 e. The van der Waals surface area contributed by atoms with Gasteiger partial charge in [-0.2, -0.15) is 0 Å². The van der Waals surface area contributed by atoms with Crippen molar-refractivity contribution in [3.05, 3.63) is 47.5 Å². The van der Waals surface area contributed by atoms with E-state index in [1.54, 1.807) is 44.2 Å². The molecule has 0 aliphatic rings. The average Bonchev–Trinajstić information content (AvgIpc) is 2.50. The van der Waals surface area contributed by atoms with Crippen LogP contribution in [0.25, 0.3) is 0 Å². The molecule has 0 aliphatic carbocycles. The summed E-state index contributed by atoms with van der Waals surface area (Å²) in [4.78, 5) is 34.8. The molecule has 0 aromatic heterocycles. The molecule has 118 valence electrons. The maximum Gasteiger partial charge on any atom is 0.338 e. The Hall–Kier alpha value is -2.63. The topological polar surface area (TPSA) is 89.9 Å². The number of ether oxygens (including phenoxy) is 2. The first-order chi connectivity index (χ1) is 10.4. The molecule has 1 N–H and O–H groups in total. The van der Waals surface area contributed by atoms with Gasteiger partial charge in [-0.25, -0.2) is 14.4 Å². The van der Waals surface area contributed by atoms with Crippen LogP contribution in [0, 0.1) is 5.92 Å². The number of carboxylic acid groups (broad SMARTS) is 1. The lowest BCUT2D eigenvalue weighted by atomic mass is 9.98. The van der Waals surface area contributed by atoms with Gasteiger partial charge in [0.15, 0.2) is 0 Å². The number of hydrogen-bond acceptors (Lipinski definition) is 5. The highest BCUT2D eigenvalue weighted by atomic mass is 16.6. The summed E-state index contributed by atoms with van der Waals surface area (Å²) < 4.78 is 9.88. The Morgan fingerprint density at radius 2 is 1.73 bits per heavy atom. The molecule has 0 bridgehead atoms. The Morgan fingerprint density at radius 3 is 2.18 bits per heavy atom. The van der Waals surface area contributed by atoms with Gasteiger partial charge in [-0.15, -0.1) is 0 Å². The summed E-state index contributed by atoms with van der Waals surface area (Å²) in [5.74, 6) is -3.11. The molecule has 0 saturated carbocycles. The minimum absolute atomic E-state index is 0.214. The fourth-order valence-corrected chi connectivity index (χ4v) is 1.82. The molecule has 6 nitrogen and oxygen atoms in total. The van der Waals surface area contributed by atoms with Crippen molar-refractivity contribution in [3.8, 4) is 0 Å². The van der Waals surface area contributed by atoms with Crippen LogP contribution in [0.3, 0.4) is 0 Å². The van der Waals surface area contributed by atoms with Crippen LogP contribution in [-0.4, -0.2) is 36.2 Å². The molecule has 0 heterocycles. The third-order valence-electron chi connectivity index (χ3n) is 2.86. The van der Waals surface area contributed by atoms with E-state index in [2.05, 4.69) is 4.74 Å². The molecular weight excluding hydrogens is 288 g/mol. The fraction of sp³-hybridized carbons (Fsp3) is 0.312. The van der Waals surface area contributed by atoms with Gasteiger partial charge in [0.2, 0.25) is 0 Å². The summed E-state index contributed by atoms with van der Waals surface area (Å²) >= 11 is 0. The molecular formula is C16H18O6. The van der Waals surface area contributed by atoms with Crippen LogP contribution in [0.5, 0.6) is 0 Å². The molecule has 0 amide bonds. The molecule has 0 saturated heterocycles. The first kappa shape index (κ1) is 17.4. The van der Waals surface area contributed by atoms with Gasteiger partial charge >= 0.3 is 17.9 Å². The minimum Gasteiger partial charge on any atom is -0.478 e. The zero-order chi connectivity index (χ0) is 16.7. The lowest BCUT2D eigenvalue weighted by Crippen LogP contribution is -2.30. The van der Waals surface area contributed by atoms with Gasteiger partial charge in [-0.3, -0.25) is 0 Å². The number of benzene rings is 1. The van der Waals surface area contributed by atoms with Crippen molar-refractivity contribution in [1.29, 1.82) is 0 Å². The van der Waals surface area contributed by atoms with E-state index >= 15 is 0 Å². The molecule has 1 atom stereocenters. The Labute approximate surface area is 128 Å². The maximum absolute atomic E-state index is 12.1. The number of hydrogen-bond donors (Lipinski definition) is 1. The normalized spacial score (nSPS) is 12.6. The summed E-state index contributed by atoms with van der Waals surface area (Å²) in [5.41, 5.74) is 0.0990. The van der Waals surface area contributed by atoms with Gasteiger partial charge in [0, 0.05) is 6.08 Å². The van der Waals surface area contributed by atoms with Crippen LogP contribution in [0.1, 0.15) is 24.2 Å². The zero-order valence-corrected chi connectivity index (χ0v) is 12.6. The molecule has 0 aliphatic heterocycles. The van der Waals surface area contributed by atoms with Crippen molar-refractivity contribution in [3.63, 3.8) is 0 Å². The SMILES string of the molecule is COC(=O)/C(=C/C(=O)O)C(OC(=O)c1ccccc1)C(C)C. The van der Waals surface area contributed by atoms with Crippen molar-refractivity contribution in [2.45, 2.75) is 20.0 Å². The van der Waals surface area contributed by atoms with Crippen molar-refractivity contribution >= 4 is 17.9 Å². The van der Waals surface area contributed by atoms with Crippen LogP contribution < -0.4 is 0 Å². The van der Waals surface area contributed by atoms with Crippen molar-refractivity contribution in [1.82, 2.24) is 0 Å². The first-order valence-electron chi connectivity index (χ1n) is 6.65. The summed E-state index contributed by atoms with van der Waals surface area (Å²) in [5, 5.41) is 8.89. The van der Waals surface area contributed by atoms with Crippen molar-refractivity contribution in [2.75, 3.05) is 7.11 Å². The predicted molar refractivity (Wildman–Crippen MR) is 78.2 cm³/mol. The van der Waals surface area contributed by atoms with Crippen molar-refractivity contribution in [2.24, 2.45) is 5.92 Å². The summed E-state index contributed by atoms with van der Waals surface area (Å²) in [6.07, 6.45) is -0.314. The van der Waals surface area contributed by atoms with Gasteiger partial charge < -0.3 is 14.6 Å². The van der Waals surface area contributed by atoms with E-state index in [1.165, 1.54) is 0 Å². The van der Waals surface area contributed by atoms with Crippen molar-refractivity contribution < 1.29 is 29.0 Å². The van der Waals surface area contributed by atoms with E-state index in [4.69, 9.17) is 9.84 Å². The highest BCUT2D eigenvalue weighted by molar-refractivity contribution is 5.97. The quantitative estimate of drug-likeness (QED) is 0.639. The van der Waals surface area contributed by atoms with Crippen LogP contribution in [-0.2, 0) is 19.1 Å². The molecule has 1 unspecified atom stereocenters. The summed E-state index contributed by atoms with van der Waals surface area (Å²) in [6.45, 7) is 3.42. The third kappa shape index (κ3) is 4.73. The highest BCUT2D eigenvalue weighted by Gasteiger charge is 2.29. The van der Waals surface area contributed by atoms with Gasteiger partial charge in [0.25, 0.3) is 0 Å². The number of carbonyl (C=O) groups is 3. The van der Waals surface area contributed by atoms with E-state index in [0.717, 1.165) is 7.11 Å². The standard InChI is InChI=1S/C16H18O6/c1-10(2)14(12(9-13(17)18)16(20)21-3)22-15(19)11-7-5-4-6-8-11/h4-10,14H,1-3H3,(H,17,18)/b12-9+. The lowest BCUT2D eigenvalue weighted by molar-refractivity contribution is -0.139. The average molecular weight is 306 g/mol. The fourth-order valence-electron chi connectivity index (χ4n) is 1.82. The number of carboxylic acids is 1. The smallest absolute Gasteiger partial charge is 0.338 e. The van der Waals surface area contributed by atoms with E-state index in [1.807, 2.05) is 0 Å². The van der Waals surface area contributed by atoms with Gasteiger partial charge in [-0.05, 0) is 18.1 Å². The summed E-state index contributed by atoms with van der Waals surface area (Å²) in [6, 6.07) is 8.24. The molecule has 1 rings (SSSR count). The number of carbonyl (C=O) groups excluding carboxylic acids is 2. The minimum atomic E-state index is -1.32. The molecule has 0 spiro atoms. The molecule has 6 heteroatoms. The number of aliphatic carboxylic acids is 1.